The van der Waals surface area contributed by atoms with Gasteiger partial charge in [-0.2, -0.15) is 4.99 Å². The number of carbonyl (C=O) groups excluding carboxylic acids is 1. The fraction of sp³-hybridized carbons (Fsp3) is 0.125. The average molecular weight is 406 g/mol. The summed E-state index contributed by atoms with van der Waals surface area (Å²) in [7, 11) is 0. The molecule has 0 bridgehead atoms. The van der Waals surface area contributed by atoms with Crippen molar-refractivity contribution in [2.24, 2.45) is 4.99 Å². The minimum absolute atomic E-state index is 0.0257. The lowest BCUT2D eigenvalue weighted by molar-refractivity contribution is -0.384. The van der Waals surface area contributed by atoms with E-state index in [1.807, 2.05) is 11.5 Å². The van der Waals surface area contributed by atoms with Crippen molar-refractivity contribution < 1.29 is 9.72 Å². The summed E-state index contributed by atoms with van der Waals surface area (Å²) in [6, 6.07) is 11.6. The minimum Gasteiger partial charge on any atom is -0.317 e. The number of rotatable bonds is 3. The molecule has 0 saturated carbocycles. The largest absolute Gasteiger partial charge is 0.317 e. The number of nitrogens with zero attached hydrogens (tertiary/aromatic N) is 3. The Morgan fingerprint density at radius 2 is 2.00 bits per heavy atom. The van der Waals surface area contributed by atoms with Crippen molar-refractivity contribution in [2.75, 3.05) is 0 Å². The third-order valence-electron chi connectivity index (χ3n) is 3.48. The van der Waals surface area contributed by atoms with Gasteiger partial charge in [-0.05, 0) is 37.3 Å². The smallest absolute Gasteiger partial charge is 0.279 e. The first-order valence-electron chi connectivity index (χ1n) is 7.12. The van der Waals surface area contributed by atoms with Crippen molar-refractivity contribution in [1.29, 1.82) is 0 Å². The van der Waals surface area contributed by atoms with E-state index < -0.39 is 4.92 Å². The Balaban J connectivity index is 2.12. The summed E-state index contributed by atoms with van der Waals surface area (Å²) in [6.45, 7) is 2.56. The molecule has 0 radical (unpaired) electrons. The maximum atomic E-state index is 12.3. The highest BCUT2D eigenvalue weighted by atomic mass is 79.9. The molecule has 8 heteroatoms. The van der Waals surface area contributed by atoms with Gasteiger partial charge >= 0.3 is 0 Å². The van der Waals surface area contributed by atoms with Gasteiger partial charge in [0, 0.05) is 28.7 Å². The minimum atomic E-state index is -0.431. The molecule has 24 heavy (non-hydrogen) atoms. The van der Waals surface area contributed by atoms with Crippen LogP contribution in [0.2, 0.25) is 0 Å². The van der Waals surface area contributed by atoms with Gasteiger partial charge in [-0.3, -0.25) is 14.9 Å². The molecule has 1 heterocycles. The molecule has 3 aromatic rings. The van der Waals surface area contributed by atoms with Gasteiger partial charge in [0.1, 0.15) is 0 Å². The molecule has 0 aliphatic rings. The third kappa shape index (κ3) is 3.15. The second-order valence-corrected chi connectivity index (χ2v) is 6.89. The van der Waals surface area contributed by atoms with Crippen LogP contribution in [0.5, 0.6) is 0 Å². The van der Waals surface area contributed by atoms with Gasteiger partial charge in [0.15, 0.2) is 4.80 Å². The molecular weight excluding hydrogens is 394 g/mol. The lowest BCUT2D eigenvalue weighted by Gasteiger charge is -2.00. The van der Waals surface area contributed by atoms with Crippen LogP contribution < -0.4 is 4.80 Å². The van der Waals surface area contributed by atoms with Crippen LogP contribution in [0.1, 0.15) is 17.3 Å². The summed E-state index contributed by atoms with van der Waals surface area (Å²) in [5.41, 5.74) is 1.34. The fourth-order valence-electron chi connectivity index (χ4n) is 2.31. The number of thiazole rings is 1. The van der Waals surface area contributed by atoms with Gasteiger partial charge in [0.25, 0.3) is 11.6 Å². The number of non-ortho nitro benzene ring substituents is 1. The van der Waals surface area contributed by atoms with E-state index in [-0.39, 0.29) is 11.6 Å². The van der Waals surface area contributed by atoms with E-state index in [0.29, 0.717) is 16.9 Å². The summed E-state index contributed by atoms with van der Waals surface area (Å²) in [4.78, 5) is 27.6. The Labute approximate surface area is 149 Å². The number of amides is 1. The molecule has 1 aromatic heterocycles. The zero-order chi connectivity index (χ0) is 17.3. The molecule has 0 saturated heterocycles. The van der Waals surface area contributed by atoms with Crippen molar-refractivity contribution >= 4 is 49.1 Å². The standard InChI is InChI=1S/C16H12BrN3O3S/c1-2-19-13-8-7-12(20(22)23)9-14(13)24-16(19)18-15(21)10-3-5-11(17)6-4-10/h3-9H,2H2,1H3. The van der Waals surface area contributed by atoms with Crippen molar-refractivity contribution in [3.63, 3.8) is 0 Å². The van der Waals surface area contributed by atoms with Gasteiger partial charge in [0.05, 0.1) is 15.1 Å². The van der Waals surface area contributed by atoms with Gasteiger partial charge in [-0.1, -0.05) is 27.3 Å². The molecule has 0 N–H and O–H groups in total. The van der Waals surface area contributed by atoms with Crippen molar-refractivity contribution in [3.8, 4) is 0 Å². The average Bonchev–Trinajstić information content (AvgIpc) is 2.91. The molecule has 0 atom stereocenters. The number of nitro benzene ring substituents is 1. The summed E-state index contributed by atoms with van der Waals surface area (Å²) in [5, 5.41) is 10.9. The van der Waals surface area contributed by atoms with Gasteiger partial charge in [0.2, 0.25) is 0 Å². The molecule has 0 fully saturated rings. The zero-order valence-electron chi connectivity index (χ0n) is 12.6. The SMILES string of the molecule is CCn1c(=NC(=O)c2ccc(Br)cc2)sc2cc([N+](=O)[O-])ccc21. The Kier molecular flexibility index (Phi) is 4.59. The van der Waals surface area contributed by atoms with Crippen LogP contribution in [0.15, 0.2) is 51.9 Å². The van der Waals surface area contributed by atoms with E-state index in [9.17, 15) is 14.9 Å². The monoisotopic (exact) mass is 405 g/mol. The normalized spacial score (nSPS) is 11.8. The number of halogens is 1. The van der Waals surface area contributed by atoms with E-state index in [0.717, 1.165) is 14.7 Å². The first-order chi connectivity index (χ1) is 11.5. The number of hydrogen-bond donors (Lipinski definition) is 0. The molecule has 1 amide bonds. The molecule has 6 nitrogen and oxygen atoms in total. The summed E-state index contributed by atoms with van der Waals surface area (Å²) < 4.78 is 3.49. The molecule has 3 rings (SSSR count). The number of aryl methyl sites for hydroxylation is 1. The fourth-order valence-corrected chi connectivity index (χ4v) is 3.70. The molecule has 0 aliphatic heterocycles. The highest BCUT2D eigenvalue weighted by molar-refractivity contribution is 9.10. The second-order valence-electron chi connectivity index (χ2n) is 4.96. The van der Waals surface area contributed by atoms with Crippen molar-refractivity contribution in [1.82, 2.24) is 4.57 Å². The lowest BCUT2D eigenvalue weighted by atomic mass is 10.2. The van der Waals surface area contributed by atoms with Crippen LogP contribution in [-0.4, -0.2) is 15.4 Å². The van der Waals surface area contributed by atoms with E-state index in [1.165, 1.54) is 23.5 Å². The van der Waals surface area contributed by atoms with Crippen LogP contribution in [0.3, 0.4) is 0 Å². The van der Waals surface area contributed by atoms with Crippen LogP contribution in [0.4, 0.5) is 5.69 Å². The van der Waals surface area contributed by atoms with Crippen LogP contribution in [0, 0.1) is 10.1 Å². The predicted molar refractivity (Wildman–Crippen MR) is 96.2 cm³/mol. The Morgan fingerprint density at radius 3 is 2.62 bits per heavy atom. The molecule has 0 unspecified atom stereocenters. The molecular formula is C16H12BrN3O3S. The number of hydrogen-bond acceptors (Lipinski definition) is 4. The predicted octanol–water partition coefficient (Wildman–Crippen LogP) is 4.13. The number of benzene rings is 2. The Morgan fingerprint density at radius 1 is 1.29 bits per heavy atom. The first kappa shape index (κ1) is 16.5. The molecule has 122 valence electrons. The topological polar surface area (TPSA) is 77.5 Å². The van der Waals surface area contributed by atoms with E-state index in [2.05, 4.69) is 20.9 Å². The number of carbonyl (C=O) groups is 1. The van der Waals surface area contributed by atoms with Gasteiger partial charge in [-0.25, -0.2) is 0 Å². The van der Waals surface area contributed by atoms with Gasteiger partial charge < -0.3 is 4.57 Å². The Bertz CT molecular complexity index is 1010. The van der Waals surface area contributed by atoms with Crippen LogP contribution >= 0.6 is 27.3 Å². The number of fused-ring (bicyclic) bond motifs is 1. The quantitative estimate of drug-likeness (QED) is 0.485. The van der Waals surface area contributed by atoms with E-state index >= 15 is 0 Å². The first-order valence-corrected chi connectivity index (χ1v) is 8.73. The summed E-state index contributed by atoms with van der Waals surface area (Å²) in [5.74, 6) is -0.342. The van der Waals surface area contributed by atoms with Crippen molar-refractivity contribution in [2.45, 2.75) is 13.5 Å². The number of nitro groups is 1. The van der Waals surface area contributed by atoms with Crippen molar-refractivity contribution in [3.05, 3.63) is 67.4 Å². The number of aromatic nitrogens is 1. The highest BCUT2D eigenvalue weighted by Gasteiger charge is 2.12. The van der Waals surface area contributed by atoms with E-state index in [1.54, 1.807) is 30.3 Å². The Hall–Kier alpha value is -2.32. The molecule has 0 spiro atoms. The van der Waals surface area contributed by atoms with Crippen LogP contribution in [0.25, 0.3) is 10.2 Å². The second kappa shape index (κ2) is 6.66. The van der Waals surface area contributed by atoms with Gasteiger partial charge in [-0.15, -0.1) is 0 Å². The molecule has 2 aromatic carbocycles. The third-order valence-corrected chi connectivity index (χ3v) is 5.05. The lowest BCUT2D eigenvalue weighted by Crippen LogP contribution is -2.15. The van der Waals surface area contributed by atoms with E-state index in [4.69, 9.17) is 0 Å². The molecule has 0 aliphatic carbocycles. The summed E-state index contributed by atoms with van der Waals surface area (Å²) >= 11 is 4.59. The maximum absolute atomic E-state index is 12.3. The highest BCUT2D eigenvalue weighted by Crippen LogP contribution is 2.23. The zero-order valence-corrected chi connectivity index (χ0v) is 15.0. The van der Waals surface area contributed by atoms with Crippen LogP contribution in [-0.2, 0) is 6.54 Å². The maximum Gasteiger partial charge on any atom is 0.279 e. The summed E-state index contributed by atoms with van der Waals surface area (Å²) in [6.07, 6.45) is 0.